The highest BCUT2D eigenvalue weighted by Crippen LogP contribution is 2.81. The van der Waals surface area contributed by atoms with E-state index in [1.54, 1.807) is 0 Å². The van der Waals surface area contributed by atoms with Crippen LogP contribution in [0.5, 0.6) is 17.2 Å². The topological polar surface area (TPSA) is 38.7 Å². The molecule has 2 aliphatic rings. The van der Waals surface area contributed by atoms with Gasteiger partial charge in [0.1, 0.15) is 17.2 Å². The Morgan fingerprint density at radius 2 is 0.972 bits per heavy atom. The molecule has 3 aromatic rings. The van der Waals surface area contributed by atoms with Gasteiger partial charge in [-0.2, -0.15) is 0 Å². The smallest absolute Gasteiger partial charge is 0.308 e. The van der Waals surface area contributed by atoms with Crippen LogP contribution in [0.3, 0.4) is 0 Å². The number of benzene rings is 3. The fraction of sp³-hybridized carbons (Fsp3) is 0.419. The average Bonchev–Trinajstić information content (AvgIpc) is 3.14. The van der Waals surface area contributed by atoms with E-state index in [0.29, 0.717) is 0 Å². The molecule has 0 bridgehead atoms. The van der Waals surface area contributed by atoms with E-state index in [-0.39, 0.29) is 22.0 Å². The van der Waals surface area contributed by atoms with Gasteiger partial charge in [-0.15, -0.1) is 0 Å². The van der Waals surface area contributed by atoms with Gasteiger partial charge in [0.15, 0.2) is 5.16 Å². The molecule has 5 rings (SSSR count). The third-order valence-corrected chi connectivity index (χ3v) is 11.3. The SMILES string of the molecule is CC(C)(C)c1ccc(O)c(C23c4cc(C(C)(C)C)ccc4OP2(=S)Oc2ccc(C(C)(C)C)cc23)c1. The van der Waals surface area contributed by atoms with Crippen molar-refractivity contribution in [3.8, 4) is 17.2 Å². The molecule has 36 heavy (non-hydrogen) atoms. The van der Waals surface area contributed by atoms with Crippen LogP contribution in [0.1, 0.15) is 95.7 Å². The van der Waals surface area contributed by atoms with Gasteiger partial charge in [0.25, 0.3) is 0 Å². The minimum atomic E-state index is -3.02. The number of fused-ring (bicyclic) bond motifs is 5. The summed E-state index contributed by atoms with van der Waals surface area (Å²) >= 11 is 6.38. The number of aromatic hydroxyl groups is 1. The van der Waals surface area contributed by atoms with Crippen molar-refractivity contribution in [2.45, 2.75) is 83.7 Å². The molecule has 0 spiro atoms. The first kappa shape index (κ1) is 25.4. The van der Waals surface area contributed by atoms with Crippen molar-refractivity contribution in [2.24, 2.45) is 0 Å². The lowest BCUT2D eigenvalue weighted by atomic mass is 9.76. The summed E-state index contributed by atoms with van der Waals surface area (Å²) in [4.78, 5) is 0. The van der Waals surface area contributed by atoms with E-state index in [1.165, 1.54) is 11.1 Å². The molecule has 0 saturated heterocycles. The predicted octanol–water partition coefficient (Wildman–Crippen LogP) is 8.67. The molecule has 0 amide bonds. The fourth-order valence-electron chi connectivity index (χ4n) is 5.30. The first-order valence-corrected chi connectivity index (χ1v) is 15.3. The third kappa shape index (κ3) is 3.56. The molecule has 0 atom stereocenters. The Balaban J connectivity index is 1.95. The van der Waals surface area contributed by atoms with Crippen molar-refractivity contribution < 1.29 is 14.2 Å². The summed E-state index contributed by atoms with van der Waals surface area (Å²) in [5, 5.41) is 10.6. The van der Waals surface area contributed by atoms with Crippen molar-refractivity contribution in [1.29, 1.82) is 0 Å². The summed E-state index contributed by atoms with van der Waals surface area (Å²) in [6.07, 6.45) is 0. The van der Waals surface area contributed by atoms with Gasteiger partial charge in [-0.05, 0) is 81.1 Å². The van der Waals surface area contributed by atoms with Gasteiger partial charge in [-0.1, -0.05) is 80.5 Å². The van der Waals surface area contributed by atoms with Gasteiger partial charge >= 0.3 is 6.49 Å². The molecule has 0 fully saturated rings. The summed E-state index contributed by atoms with van der Waals surface area (Å²) in [5.41, 5.74) is 6.04. The van der Waals surface area contributed by atoms with Gasteiger partial charge in [0.2, 0.25) is 0 Å². The average molecular weight is 521 g/mol. The van der Waals surface area contributed by atoms with Crippen molar-refractivity contribution in [1.82, 2.24) is 0 Å². The van der Waals surface area contributed by atoms with Gasteiger partial charge in [0, 0.05) is 16.7 Å². The minimum absolute atomic E-state index is 0.0633. The Kier molecular flexibility index (Phi) is 5.37. The van der Waals surface area contributed by atoms with Crippen molar-refractivity contribution in [3.63, 3.8) is 0 Å². The molecule has 1 N–H and O–H groups in total. The van der Waals surface area contributed by atoms with E-state index in [2.05, 4.69) is 92.6 Å². The summed E-state index contributed by atoms with van der Waals surface area (Å²) < 4.78 is 13.2. The van der Waals surface area contributed by atoms with E-state index < -0.39 is 11.6 Å². The monoisotopic (exact) mass is 520 g/mol. The molecule has 0 aliphatic carbocycles. The van der Waals surface area contributed by atoms with Gasteiger partial charge < -0.3 is 14.2 Å². The van der Waals surface area contributed by atoms with Crippen LogP contribution in [0.2, 0.25) is 0 Å². The van der Waals surface area contributed by atoms with E-state index in [1.807, 2.05) is 24.3 Å². The molecular weight excluding hydrogens is 483 g/mol. The molecule has 5 heteroatoms. The van der Waals surface area contributed by atoms with Crippen LogP contribution in [-0.2, 0) is 33.2 Å². The second kappa shape index (κ2) is 7.62. The highest BCUT2D eigenvalue weighted by molar-refractivity contribution is 8.11. The molecule has 2 aliphatic heterocycles. The molecule has 0 unspecified atom stereocenters. The number of hydrogen-bond acceptors (Lipinski definition) is 4. The number of phenols is 1. The second-order valence-corrected chi connectivity index (χ2v) is 16.8. The van der Waals surface area contributed by atoms with Crippen LogP contribution < -0.4 is 9.05 Å². The molecule has 190 valence electrons. The van der Waals surface area contributed by atoms with Crippen LogP contribution in [-0.4, -0.2) is 5.11 Å². The van der Waals surface area contributed by atoms with Gasteiger partial charge in [0.05, 0.1) is 0 Å². The zero-order valence-corrected chi connectivity index (χ0v) is 24.5. The maximum Gasteiger partial charge on any atom is 0.308 e. The first-order chi connectivity index (χ1) is 16.5. The number of rotatable bonds is 1. The number of phenolic OH excluding ortho intramolecular Hbond substituents is 1. The van der Waals surface area contributed by atoms with E-state index in [9.17, 15) is 5.11 Å². The number of hydrogen-bond donors (Lipinski definition) is 1. The standard InChI is InChI=1S/C31H37O3PS/c1-28(2,3)19-10-13-25(32)22(16-19)31-23-17-20(29(4,5)6)11-14-26(23)33-35(31,36)34-27-15-12-21(18-24(27)31)30(7,8)9/h10-18,32H,1-9H3. The van der Waals surface area contributed by atoms with Crippen molar-refractivity contribution in [3.05, 3.63) is 88.0 Å². The Morgan fingerprint density at radius 1 is 0.611 bits per heavy atom. The lowest BCUT2D eigenvalue weighted by Crippen LogP contribution is -2.26. The quantitative estimate of drug-likeness (QED) is 0.326. The van der Waals surface area contributed by atoms with Crippen molar-refractivity contribution in [2.75, 3.05) is 0 Å². The van der Waals surface area contributed by atoms with E-state index in [4.69, 9.17) is 20.9 Å². The minimum Gasteiger partial charge on any atom is -0.508 e. The lowest BCUT2D eigenvalue weighted by Gasteiger charge is -2.33. The molecule has 0 aromatic heterocycles. The predicted molar refractivity (Wildman–Crippen MR) is 153 cm³/mol. The summed E-state index contributed by atoms with van der Waals surface area (Å²) in [6, 6.07) is 18.7. The molecule has 3 aromatic carbocycles. The summed E-state index contributed by atoms with van der Waals surface area (Å²) in [6.45, 7) is 16.8. The highest BCUT2D eigenvalue weighted by atomic mass is 32.5. The molecule has 3 nitrogen and oxygen atoms in total. The summed E-state index contributed by atoms with van der Waals surface area (Å²) in [7, 11) is 0. The summed E-state index contributed by atoms with van der Waals surface area (Å²) in [5.74, 6) is 1.71. The second-order valence-electron chi connectivity index (χ2n) is 13.3. The van der Waals surface area contributed by atoms with Crippen molar-refractivity contribution >= 4 is 18.3 Å². The highest BCUT2D eigenvalue weighted by Gasteiger charge is 2.65. The first-order valence-electron chi connectivity index (χ1n) is 12.6. The Labute approximate surface area is 221 Å². The van der Waals surface area contributed by atoms with Crippen LogP contribution in [0, 0.1) is 0 Å². The van der Waals surface area contributed by atoms with Crippen LogP contribution in [0.15, 0.2) is 54.6 Å². The van der Waals surface area contributed by atoms with E-state index >= 15 is 0 Å². The van der Waals surface area contributed by atoms with Crippen LogP contribution in [0.4, 0.5) is 0 Å². The Bertz CT molecular complexity index is 1360. The maximum absolute atomic E-state index is 11.5. The molecule has 0 radical (unpaired) electrons. The fourth-order valence-corrected chi connectivity index (χ4v) is 9.23. The Hall–Kier alpha value is -2.29. The maximum atomic E-state index is 11.5. The van der Waals surface area contributed by atoms with Gasteiger partial charge in [-0.3, -0.25) is 0 Å². The van der Waals surface area contributed by atoms with E-state index in [0.717, 1.165) is 33.8 Å². The van der Waals surface area contributed by atoms with Gasteiger partial charge in [-0.25, -0.2) is 0 Å². The molecular formula is C31H37O3PS. The lowest BCUT2D eigenvalue weighted by molar-refractivity contribution is 0.462. The zero-order valence-electron chi connectivity index (χ0n) is 22.8. The van der Waals surface area contributed by atoms with Crippen LogP contribution >= 0.6 is 6.49 Å². The molecule has 2 heterocycles. The normalized spacial score (nSPS) is 22.9. The third-order valence-electron chi connectivity index (χ3n) is 7.57. The zero-order chi connectivity index (χ0) is 26.5. The van der Waals surface area contributed by atoms with Crippen LogP contribution in [0.25, 0.3) is 0 Å². The molecule has 0 saturated carbocycles. The Morgan fingerprint density at radius 3 is 1.36 bits per heavy atom. The largest absolute Gasteiger partial charge is 0.508 e.